The predicted octanol–water partition coefficient (Wildman–Crippen LogP) is 2.38. The Morgan fingerprint density at radius 2 is 2.29 bits per heavy atom. The van der Waals surface area contributed by atoms with Crippen molar-refractivity contribution in [2.75, 3.05) is 5.75 Å². The van der Waals surface area contributed by atoms with Gasteiger partial charge in [0.25, 0.3) is 0 Å². The van der Waals surface area contributed by atoms with Crippen LogP contribution in [0.25, 0.3) is 0 Å². The standard InChI is InChI=1S/C12H12FN3S/c13-9-3-1-2-8(6-9)11-7-17-12(16-15-11)14-10-4-5-10/h1-3,6,10H,4-5,7H2,(H,14,16). The largest absolute Gasteiger partial charge is 0.258 e. The Bertz CT molecular complexity index is 494. The quantitative estimate of drug-likeness (QED) is 0.873. The molecule has 1 aliphatic carbocycles. The van der Waals surface area contributed by atoms with Gasteiger partial charge in [-0.25, -0.2) is 4.39 Å². The minimum atomic E-state index is -0.229. The van der Waals surface area contributed by atoms with Crippen LogP contribution in [0.1, 0.15) is 18.4 Å². The molecular weight excluding hydrogens is 237 g/mol. The van der Waals surface area contributed by atoms with Crippen LogP contribution in [0.3, 0.4) is 0 Å². The van der Waals surface area contributed by atoms with Crippen molar-refractivity contribution in [3.05, 3.63) is 35.6 Å². The number of rotatable bonds is 2. The first-order chi connectivity index (χ1) is 8.31. The smallest absolute Gasteiger partial charge is 0.177 e. The van der Waals surface area contributed by atoms with Gasteiger partial charge in [-0.05, 0) is 25.0 Å². The number of nitrogens with zero attached hydrogens (tertiary/aromatic N) is 2. The molecule has 1 aromatic rings. The van der Waals surface area contributed by atoms with Crippen molar-refractivity contribution < 1.29 is 4.39 Å². The van der Waals surface area contributed by atoms with Gasteiger partial charge in [-0.1, -0.05) is 23.9 Å². The molecule has 1 aliphatic heterocycles. The molecule has 1 aromatic carbocycles. The third kappa shape index (κ3) is 2.66. The number of hydrogen-bond acceptors (Lipinski definition) is 3. The van der Waals surface area contributed by atoms with E-state index in [1.165, 1.54) is 25.0 Å². The molecule has 1 N–H and O–H groups in total. The van der Waals surface area contributed by atoms with Crippen molar-refractivity contribution in [1.82, 2.24) is 5.43 Å². The fourth-order valence-electron chi connectivity index (χ4n) is 1.57. The summed E-state index contributed by atoms with van der Waals surface area (Å²) in [5.41, 5.74) is 4.63. The molecule has 0 unspecified atom stereocenters. The Morgan fingerprint density at radius 3 is 2.94 bits per heavy atom. The van der Waals surface area contributed by atoms with Crippen LogP contribution < -0.4 is 5.43 Å². The number of aliphatic imine (C=N–C) groups is 1. The van der Waals surface area contributed by atoms with Crippen LogP contribution in [0.15, 0.2) is 34.4 Å². The van der Waals surface area contributed by atoms with Crippen molar-refractivity contribution in [1.29, 1.82) is 0 Å². The number of thioether (sulfide) groups is 1. The predicted molar refractivity (Wildman–Crippen MR) is 69.0 cm³/mol. The second-order valence-corrected chi connectivity index (χ2v) is 5.10. The van der Waals surface area contributed by atoms with Crippen molar-refractivity contribution in [3.63, 3.8) is 0 Å². The van der Waals surface area contributed by atoms with Crippen LogP contribution in [0.2, 0.25) is 0 Å². The van der Waals surface area contributed by atoms with E-state index in [1.807, 2.05) is 6.07 Å². The molecule has 0 amide bonds. The highest BCUT2D eigenvalue weighted by Gasteiger charge is 2.22. The summed E-state index contributed by atoms with van der Waals surface area (Å²) in [6, 6.07) is 7.01. The third-order valence-corrected chi connectivity index (χ3v) is 3.52. The van der Waals surface area contributed by atoms with Crippen LogP contribution >= 0.6 is 11.8 Å². The Kier molecular flexibility index (Phi) is 2.84. The van der Waals surface area contributed by atoms with E-state index >= 15 is 0 Å². The van der Waals surface area contributed by atoms with E-state index in [4.69, 9.17) is 0 Å². The number of halogens is 1. The molecule has 1 saturated carbocycles. The zero-order valence-electron chi connectivity index (χ0n) is 9.19. The minimum absolute atomic E-state index is 0.229. The van der Waals surface area contributed by atoms with Crippen molar-refractivity contribution in [2.24, 2.45) is 10.1 Å². The molecule has 1 fully saturated rings. The number of nitrogens with one attached hydrogen (secondary N) is 1. The highest BCUT2D eigenvalue weighted by molar-refractivity contribution is 8.14. The maximum Gasteiger partial charge on any atom is 0.177 e. The second kappa shape index (κ2) is 4.49. The van der Waals surface area contributed by atoms with Crippen LogP contribution in [0, 0.1) is 5.82 Å². The molecule has 5 heteroatoms. The normalized spacial score (nSPS) is 22.2. The summed E-state index contributed by atoms with van der Waals surface area (Å²) in [6.45, 7) is 0. The Morgan fingerprint density at radius 1 is 1.41 bits per heavy atom. The molecule has 0 spiro atoms. The van der Waals surface area contributed by atoms with Gasteiger partial charge >= 0.3 is 0 Å². The molecule has 0 saturated heterocycles. The van der Waals surface area contributed by atoms with E-state index in [1.54, 1.807) is 17.8 Å². The average molecular weight is 249 g/mol. The first-order valence-electron chi connectivity index (χ1n) is 5.60. The van der Waals surface area contributed by atoms with Gasteiger partial charge in [0.2, 0.25) is 0 Å². The lowest BCUT2D eigenvalue weighted by atomic mass is 10.1. The number of amidine groups is 1. The number of hydrogen-bond donors (Lipinski definition) is 1. The highest BCUT2D eigenvalue weighted by atomic mass is 32.2. The van der Waals surface area contributed by atoms with Gasteiger partial charge in [0.05, 0.1) is 11.8 Å². The van der Waals surface area contributed by atoms with Crippen LogP contribution in [0.5, 0.6) is 0 Å². The van der Waals surface area contributed by atoms with E-state index in [0.717, 1.165) is 22.2 Å². The van der Waals surface area contributed by atoms with E-state index in [2.05, 4.69) is 15.5 Å². The molecule has 0 radical (unpaired) electrons. The second-order valence-electron chi connectivity index (χ2n) is 4.13. The van der Waals surface area contributed by atoms with Gasteiger partial charge in [0.15, 0.2) is 5.17 Å². The SMILES string of the molecule is Fc1cccc(C2=NNC(=NC3CC3)SC2)c1. The van der Waals surface area contributed by atoms with E-state index < -0.39 is 0 Å². The number of benzene rings is 1. The van der Waals surface area contributed by atoms with Gasteiger partial charge in [0.1, 0.15) is 5.82 Å². The maximum atomic E-state index is 13.1. The molecule has 0 atom stereocenters. The molecule has 0 aromatic heterocycles. The molecule has 3 rings (SSSR count). The summed E-state index contributed by atoms with van der Waals surface area (Å²) in [5, 5.41) is 5.13. The molecule has 2 aliphatic rings. The van der Waals surface area contributed by atoms with Crippen molar-refractivity contribution >= 4 is 22.6 Å². The summed E-state index contributed by atoms with van der Waals surface area (Å²) < 4.78 is 13.1. The lowest BCUT2D eigenvalue weighted by Crippen LogP contribution is -2.25. The molecular formula is C12H12FN3S. The Labute approximate surface area is 103 Å². The summed E-state index contributed by atoms with van der Waals surface area (Å²) in [6.07, 6.45) is 2.37. The van der Waals surface area contributed by atoms with Crippen LogP contribution in [0.4, 0.5) is 4.39 Å². The number of hydrazone groups is 1. The zero-order chi connectivity index (χ0) is 11.7. The highest BCUT2D eigenvalue weighted by Crippen LogP contribution is 2.25. The third-order valence-electron chi connectivity index (χ3n) is 2.64. The molecule has 1 heterocycles. The fraction of sp³-hybridized carbons (Fsp3) is 0.333. The maximum absolute atomic E-state index is 13.1. The zero-order valence-corrected chi connectivity index (χ0v) is 10.0. The van der Waals surface area contributed by atoms with Gasteiger partial charge in [-0.2, -0.15) is 5.10 Å². The van der Waals surface area contributed by atoms with Gasteiger partial charge in [-0.3, -0.25) is 10.4 Å². The Hall–Kier alpha value is -1.36. The van der Waals surface area contributed by atoms with Crippen LogP contribution in [-0.2, 0) is 0 Å². The summed E-state index contributed by atoms with van der Waals surface area (Å²) in [7, 11) is 0. The van der Waals surface area contributed by atoms with E-state index in [9.17, 15) is 4.39 Å². The lowest BCUT2D eigenvalue weighted by molar-refractivity contribution is 0.627. The summed E-state index contributed by atoms with van der Waals surface area (Å²) >= 11 is 1.63. The lowest BCUT2D eigenvalue weighted by Gasteiger charge is -2.14. The van der Waals surface area contributed by atoms with Crippen molar-refractivity contribution in [3.8, 4) is 0 Å². The first kappa shape index (κ1) is 10.8. The Balaban J connectivity index is 1.75. The topological polar surface area (TPSA) is 36.8 Å². The van der Waals surface area contributed by atoms with Gasteiger partial charge in [-0.15, -0.1) is 0 Å². The fourth-order valence-corrected chi connectivity index (χ4v) is 2.41. The van der Waals surface area contributed by atoms with E-state index in [0.29, 0.717) is 6.04 Å². The van der Waals surface area contributed by atoms with E-state index in [-0.39, 0.29) is 5.82 Å². The molecule has 0 bridgehead atoms. The van der Waals surface area contributed by atoms with Crippen LogP contribution in [-0.4, -0.2) is 22.7 Å². The average Bonchev–Trinajstić information content (AvgIpc) is 3.14. The molecule has 17 heavy (non-hydrogen) atoms. The first-order valence-corrected chi connectivity index (χ1v) is 6.59. The monoisotopic (exact) mass is 249 g/mol. The molecule has 88 valence electrons. The van der Waals surface area contributed by atoms with Crippen molar-refractivity contribution in [2.45, 2.75) is 18.9 Å². The summed E-state index contributed by atoms with van der Waals surface area (Å²) in [5.74, 6) is 0.509. The molecule has 3 nitrogen and oxygen atoms in total. The van der Waals surface area contributed by atoms with Gasteiger partial charge < -0.3 is 0 Å². The van der Waals surface area contributed by atoms with Gasteiger partial charge in [0, 0.05) is 11.3 Å². The minimum Gasteiger partial charge on any atom is -0.258 e. The summed E-state index contributed by atoms with van der Waals surface area (Å²) in [4.78, 5) is 4.48.